The van der Waals surface area contributed by atoms with Crippen LogP contribution in [0.3, 0.4) is 0 Å². The Morgan fingerprint density at radius 1 is 1.40 bits per heavy atom. The first-order chi connectivity index (χ1) is 7.24. The molecule has 5 heteroatoms. The second kappa shape index (κ2) is 3.10. The van der Waals surface area contributed by atoms with Crippen molar-refractivity contribution in [3.05, 3.63) is 17.3 Å². The molecule has 1 unspecified atom stereocenters. The van der Waals surface area contributed by atoms with Crippen LogP contribution in [0, 0.1) is 5.92 Å². The Bertz CT molecular complexity index is 431. The molecule has 0 spiro atoms. The van der Waals surface area contributed by atoms with Crippen molar-refractivity contribution in [2.24, 2.45) is 5.92 Å². The van der Waals surface area contributed by atoms with Crippen LogP contribution in [0.4, 0.5) is 11.5 Å². The van der Waals surface area contributed by atoms with Crippen LogP contribution in [0.5, 0.6) is 0 Å². The molecule has 1 aliphatic carbocycles. The molecule has 1 aromatic rings. The number of carbonyl (C=O) groups excluding carboxylic acids is 1. The highest BCUT2D eigenvalue weighted by atomic mass is 35.5. The molecule has 1 saturated carbocycles. The van der Waals surface area contributed by atoms with Crippen LogP contribution in [0.1, 0.15) is 12.8 Å². The Balaban J connectivity index is 1.95. The van der Waals surface area contributed by atoms with Gasteiger partial charge in [0.25, 0.3) is 0 Å². The number of hydrogen-bond acceptors (Lipinski definition) is 3. The van der Waals surface area contributed by atoms with Crippen LogP contribution in [-0.4, -0.2) is 16.9 Å². The van der Waals surface area contributed by atoms with E-state index in [4.69, 9.17) is 11.6 Å². The number of nitrogens with zero attached hydrogens (tertiary/aromatic N) is 1. The summed E-state index contributed by atoms with van der Waals surface area (Å²) in [5.41, 5.74) is 0.710. The van der Waals surface area contributed by atoms with Crippen molar-refractivity contribution >= 4 is 29.0 Å². The van der Waals surface area contributed by atoms with Crippen molar-refractivity contribution in [2.45, 2.75) is 18.9 Å². The maximum atomic E-state index is 11.7. The molecule has 4 nitrogen and oxygen atoms in total. The number of amides is 1. The number of nitrogens with one attached hydrogen (secondary N) is 2. The van der Waals surface area contributed by atoms with Gasteiger partial charge in [-0.3, -0.25) is 4.79 Å². The van der Waals surface area contributed by atoms with Gasteiger partial charge in [0.05, 0.1) is 5.69 Å². The molecule has 2 aliphatic rings. The smallest absolute Gasteiger partial charge is 0.247 e. The zero-order valence-electron chi connectivity index (χ0n) is 7.96. The van der Waals surface area contributed by atoms with Gasteiger partial charge in [0, 0.05) is 0 Å². The van der Waals surface area contributed by atoms with Crippen molar-refractivity contribution in [3.63, 3.8) is 0 Å². The predicted molar refractivity (Wildman–Crippen MR) is 58.0 cm³/mol. The molecular weight excluding hydrogens is 214 g/mol. The SMILES string of the molecule is O=C1Nc2ccc(Cl)nc2NC1C1CC1. The van der Waals surface area contributed by atoms with Gasteiger partial charge in [-0.2, -0.15) is 0 Å². The molecule has 2 N–H and O–H groups in total. The molecule has 1 fully saturated rings. The number of rotatable bonds is 1. The van der Waals surface area contributed by atoms with Crippen LogP contribution in [0.2, 0.25) is 5.15 Å². The number of aromatic nitrogens is 1. The van der Waals surface area contributed by atoms with Gasteiger partial charge in [0.1, 0.15) is 11.2 Å². The van der Waals surface area contributed by atoms with E-state index >= 15 is 0 Å². The van der Waals surface area contributed by atoms with Gasteiger partial charge in [-0.25, -0.2) is 4.98 Å². The van der Waals surface area contributed by atoms with Crippen molar-refractivity contribution in [3.8, 4) is 0 Å². The normalized spacial score (nSPS) is 24.1. The molecule has 1 aliphatic heterocycles. The molecule has 78 valence electrons. The van der Waals surface area contributed by atoms with Gasteiger partial charge < -0.3 is 10.6 Å². The quantitative estimate of drug-likeness (QED) is 0.715. The molecular formula is C10H10ClN3O. The molecule has 1 amide bonds. The van der Waals surface area contributed by atoms with Gasteiger partial charge >= 0.3 is 0 Å². The average Bonchev–Trinajstić information content (AvgIpc) is 3.01. The first-order valence-corrected chi connectivity index (χ1v) is 5.36. The van der Waals surface area contributed by atoms with Crippen LogP contribution in [0.15, 0.2) is 12.1 Å². The largest absolute Gasteiger partial charge is 0.356 e. The fraction of sp³-hybridized carbons (Fsp3) is 0.400. The molecule has 0 saturated heterocycles. The number of pyridine rings is 1. The summed E-state index contributed by atoms with van der Waals surface area (Å²) in [4.78, 5) is 15.8. The monoisotopic (exact) mass is 223 g/mol. The second-order valence-corrected chi connectivity index (χ2v) is 4.37. The fourth-order valence-electron chi connectivity index (χ4n) is 1.83. The molecule has 1 aromatic heterocycles. The minimum atomic E-state index is -0.136. The third kappa shape index (κ3) is 1.55. The van der Waals surface area contributed by atoms with Gasteiger partial charge in [0.2, 0.25) is 5.91 Å². The maximum absolute atomic E-state index is 11.7. The third-order valence-electron chi connectivity index (χ3n) is 2.79. The second-order valence-electron chi connectivity index (χ2n) is 3.98. The van der Waals surface area contributed by atoms with Crippen LogP contribution in [0.25, 0.3) is 0 Å². The first-order valence-electron chi connectivity index (χ1n) is 4.98. The van der Waals surface area contributed by atoms with E-state index in [1.54, 1.807) is 12.1 Å². The molecule has 0 aromatic carbocycles. The summed E-state index contributed by atoms with van der Waals surface area (Å²) >= 11 is 5.79. The summed E-state index contributed by atoms with van der Waals surface area (Å²) in [5, 5.41) is 6.41. The Hall–Kier alpha value is -1.29. The van der Waals surface area contributed by atoms with E-state index in [1.807, 2.05) is 0 Å². The average molecular weight is 224 g/mol. The van der Waals surface area contributed by atoms with Crippen molar-refractivity contribution in [1.29, 1.82) is 0 Å². The Morgan fingerprint density at radius 2 is 2.20 bits per heavy atom. The van der Waals surface area contributed by atoms with E-state index in [0.717, 1.165) is 12.8 Å². The van der Waals surface area contributed by atoms with E-state index in [1.165, 1.54) is 0 Å². The topological polar surface area (TPSA) is 54.0 Å². The molecule has 0 radical (unpaired) electrons. The minimum Gasteiger partial charge on any atom is -0.356 e. The lowest BCUT2D eigenvalue weighted by molar-refractivity contribution is -0.117. The number of fused-ring (bicyclic) bond motifs is 1. The lowest BCUT2D eigenvalue weighted by Gasteiger charge is -2.25. The number of halogens is 1. The zero-order valence-corrected chi connectivity index (χ0v) is 8.71. The standard InChI is InChI=1S/C10H10ClN3O/c11-7-4-3-6-9(13-7)14-8(5-1-2-5)10(15)12-6/h3-5,8H,1-2H2,(H,12,15)(H,13,14). The number of hydrogen-bond donors (Lipinski definition) is 2. The Labute approximate surface area is 92.0 Å². The van der Waals surface area contributed by atoms with Gasteiger partial charge in [-0.15, -0.1) is 0 Å². The summed E-state index contributed by atoms with van der Waals surface area (Å²) in [5.74, 6) is 1.17. The minimum absolute atomic E-state index is 0.0362. The number of anilines is 2. The van der Waals surface area contributed by atoms with Crippen LogP contribution >= 0.6 is 11.6 Å². The maximum Gasteiger partial charge on any atom is 0.247 e. The lowest BCUT2D eigenvalue weighted by Crippen LogP contribution is -2.40. The van der Waals surface area contributed by atoms with Gasteiger partial charge in [-0.1, -0.05) is 11.6 Å². The Kier molecular flexibility index (Phi) is 1.85. The predicted octanol–water partition coefficient (Wildman–Crippen LogP) is 1.88. The summed E-state index contributed by atoms with van der Waals surface area (Å²) in [6.07, 6.45) is 2.22. The fourth-order valence-corrected chi connectivity index (χ4v) is 1.98. The summed E-state index contributed by atoms with van der Waals surface area (Å²) < 4.78 is 0. The summed E-state index contributed by atoms with van der Waals surface area (Å²) in [6, 6.07) is 3.29. The lowest BCUT2D eigenvalue weighted by atomic mass is 10.1. The zero-order chi connectivity index (χ0) is 10.4. The van der Waals surface area contributed by atoms with E-state index in [2.05, 4.69) is 15.6 Å². The number of carbonyl (C=O) groups is 1. The van der Waals surface area contributed by atoms with Crippen molar-refractivity contribution < 1.29 is 4.79 Å². The third-order valence-corrected chi connectivity index (χ3v) is 3.00. The van der Waals surface area contributed by atoms with Crippen LogP contribution in [-0.2, 0) is 4.79 Å². The van der Waals surface area contributed by atoms with Crippen molar-refractivity contribution in [2.75, 3.05) is 10.6 Å². The summed E-state index contributed by atoms with van der Waals surface area (Å²) in [6.45, 7) is 0. The first kappa shape index (κ1) is 8.97. The summed E-state index contributed by atoms with van der Waals surface area (Å²) in [7, 11) is 0. The van der Waals surface area contributed by atoms with E-state index < -0.39 is 0 Å². The Morgan fingerprint density at radius 3 is 2.93 bits per heavy atom. The molecule has 0 bridgehead atoms. The van der Waals surface area contributed by atoms with Crippen LogP contribution < -0.4 is 10.6 Å². The van der Waals surface area contributed by atoms with E-state index in [-0.39, 0.29) is 11.9 Å². The highest BCUT2D eigenvalue weighted by Gasteiger charge is 2.39. The molecule has 1 atom stereocenters. The van der Waals surface area contributed by atoms with Gasteiger partial charge in [0.15, 0.2) is 5.82 Å². The highest BCUT2D eigenvalue weighted by Crippen LogP contribution is 2.38. The molecule has 2 heterocycles. The molecule has 15 heavy (non-hydrogen) atoms. The van der Waals surface area contributed by atoms with E-state index in [9.17, 15) is 4.79 Å². The van der Waals surface area contributed by atoms with E-state index in [0.29, 0.717) is 22.6 Å². The highest BCUT2D eigenvalue weighted by molar-refractivity contribution is 6.29. The van der Waals surface area contributed by atoms with Crippen molar-refractivity contribution in [1.82, 2.24) is 4.98 Å². The molecule has 3 rings (SSSR count). The van der Waals surface area contributed by atoms with Gasteiger partial charge in [-0.05, 0) is 30.9 Å².